The molecule has 1 heterocycles. The second kappa shape index (κ2) is 8.64. The third-order valence-corrected chi connectivity index (χ3v) is 5.43. The molecule has 1 fully saturated rings. The molecule has 2 aliphatic rings. The molecule has 2 aromatic rings. The van der Waals surface area contributed by atoms with Gasteiger partial charge in [0, 0.05) is 24.0 Å². The fourth-order valence-corrected chi connectivity index (χ4v) is 3.93. The molecule has 0 saturated carbocycles. The van der Waals surface area contributed by atoms with Gasteiger partial charge in [0.25, 0.3) is 11.8 Å². The maximum atomic E-state index is 12.7. The lowest BCUT2D eigenvalue weighted by atomic mass is 10.1. The van der Waals surface area contributed by atoms with Gasteiger partial charge in [-0.2, -0.15) is 0 Å². The smallest absolute Gasteiger partial charge is 0.253 e. The van der Waals surface area contributed by atoms with Gasteiger partial charge in [-0.15, -0.1) is 0 Å². The van der Waals surface area contributed by atoms with E-state index in [-0.39, 0.29) is 18.6 Å². The first kappa shape index (κ1) is 20.1. The Morgan fingerprint density at radius 1 is 1.07 bits per heavy atom. The number of benzene rings is 2. The Morgan fingerprint density at radius 3 is 2.33 bits per heavy atom. The summed E-state index contributed by atoms with van der Waals surface area (Å²) < 4.78 is 5.13. The fraction of sp³-hybridized carbons (Fsp3) is 0.318. The molecule has 4 rings (SSSR count). The van der Waals surface area contributed by atoms with Crippen molar-refractivity contribution in [3.63, 3.8) is 0 Å². The first-order chi connectivity index (χ1) is 14.5. The lowest BCUT2D eigenvalue weighted by Crippen LogP contribution is -2.53. The minimum Gasteiger partial charge on any atom is -0.370 e. The molecule has 8 heteroatoms. The van der Waals surface area contributed by atoms with E-state index in [1.165, 1.54) is 11.1 Å². The average Bonchev–Trinajstić information content (AvgIpc) is 3.15. The number of fused-ring (bicyclic) bond motifs is 1. The summed E-state index contributed by atoms with van der Waals surface area (Å²) in [5.41, 5.74) is 9.17. The molecule has 2 aromatic carbocycles. The Bertz CT molecular complexity index is 935. The third kappa shape index (κ3) is 4.34. The summed E-state index contributed by atoms with van der Waals surface area (Å²) in [4.78, 5) is 38.2. The van der Waals surface area contributed by atoms with Crippen molar-refractivity contribution < 1.29 is 19.1 Å². The van der Waals surface area contributed by atoms with Gasteiger partial charge in [-0.1, -0.05) is 24.3 Å². The zero-order valence-corrected chi connectivity index (χ0v) is 16.5. The number of rotatable bonds is 6. The summed E-state index contributed by atoms with van der Waals surface area (Å²) in [7, 11) is 0. The van der Waals surface area contributed by atoms with E-state index in [4.69, 9.17) is 10.5 Å². The number of carbonyl (C=O) groups is 3. The second-order valence-electron chi connectivity index (χ2n) is 7.51. The number of nitrogens with two attached hydrogens (primary N) is 1. The van der Waals surface area contributed by atoms with Gasteiger partial charge in [-0.25, -0.2) is 0 Å². The Hall–Kier alpha value is -3.23. The van der Waals surface area contributed by atoms with E-state index in [1.807, 2.05) is 12.1 Å². The number of amides is 3. The summed E-state index contributed by atoms with van der Waals surface area (Å²) in [6.45, 7) is 1.04. The standard InChI is InChI=1S/C22H24N4O4/c23-21(28)20(24-17-11-14-3-1-2-4-15(14)12-17)22(29)25-16-5-7-18(8-6-16)26-9-10-30-13-19(26)27/h1-8,17,20,24H,9-13H2,(H2,23,28)(H,25,29)/t20-/m0/s1. The Balaban J connectivity index is 1.38. The van der Waals surface area contributed by atoms with Gasteiger partial charge in [-0.3, -0.25) is 19.7 Å². The number of anilines is 2. The van der Waals surface area contributed by atoms with E-state index in [0.29, 0.717) is 18.8 Å². The number of hydrogen-bond donors (Lipinski definition) is 3. The predicted molar refractivity (Wildman–Crippen MR) is 112 cm³/mol. The van der Waals surface area contributed by atoms with Gasteiger partial charge in [0.15, 0.2) is 6.04 Å². The molecule has 4 N–H and O–H groups in total. The largest absolute Gasteiger partial charge is 0.370 e. The molecular formula is C22H24N4O4. The summed E-state index contributed by atoms with van der Waals surface area (Å²) in [6, 6.07) is 13.8. The summed E-state index contributed by atoms with van der Waals surface area (Å²) >= 11 is 0. The van der Waals surface area contributed by atoms with E-state index in [9.17, 15) is 14.4 Å². The van der Waals surface area contributed by atoms with Gasteiger partial charge in [0.05, 0.1) is 6.61 Å². The van der Waals surface area contributed by atoms with Crippen molar-refractivity contribution in [2.45, 2.75) is 24.9 Å². The van der Waals surface area contributed by atoms with Crippen LogP contribution in [0.2, 0.25) is 0 Å². The molecule has 0 aromatic heterocycles. The number of nitrogens with zero attached hydrogens (tertiary/aromatic N) is 1. The van der Waals surface area contributed by atoms with Gasteiger partial charge < -0.3 is 20.7 Å². The van der Waals surface area contributed by atoms with Crippen molar-refractivity contribution in [2.24, 2.45) is 5.73 Å². The summed E-state index contributed by atoms with van der Waals surface area (Å²) in [5.74, 6) is -1.33. The Morgan fingerprint density at radius 2 is 1.73 bits per heavy atom. The van der Waals surface area contributed by atoms with Gasteiger partial charge >= 0.3 is 0 Å². The third-order valence-electron chi connectivity index (χ3n) is 5.43. The molecule has 1 aliphatic heterocycles. The predicted octanol–water partition coefficient (Wildman–Crippen LogP) is 0.599. The Kier molecular flexibility index (Phi) is 5.78. The zero-order chi connectivity index (χ0) is 21.1. The van der Waals surface area contributed by atoms with E-state index in [0.717, 1.165) is 18.5 Å². The number of primary amides is 1. The van der Waals surface area contributed by atoms with E-state index >= 15 is 0 Å². The van der Waals surface area contributed by atoms with E-state index in [1.54, 1.807) is 29.2 Å². The SMILES string of the molecule is NC(=O)[C@H](NC1Cc2ccccc2C1)C(=O)Nc1ccc(N2CCOCC2=O)cc1. The van der Waals surface area contributed by atoms with Crippen LogP contribution in [0.25, 0.3) is 0 Å². The Labute approximate surface area is 174 Å². The minimum absolute atomic E-state index is 0.0274. The molecule has 0 spiro atoms. The highest BCUT2D eigenvalue weighted by Gasteiger charge is 2.30. The molecule has 0 radical (unpaired) electrons. The van der Waals surface area contributed by atoms with Crippen molar-refractivity contribution in [3.05, 3.63) is 59.7 Å². The lowest BCUT2D eigenvalue weighted by Gasteiger charge is -2.27. The van der Waals surface area contributed by atoms with E-state index in [2.05, 4.69) is 22.8 Å². The molecule has 1 saturated heterocycles. The molecular weight excluding hydrogens is 384 g/mol. The highest BCUT2D eigenvalue weighted by atomic mass is 16.5. The zero-order valence-electron chi connectivity index (χ0n) is 16.5. The molecule has 156 valence electrons. The summed E-state index contributed by atoms with van der Waals surface area (Å²) in [5, 5.41) is 5.83. The molecule has 1 aliphatic carbocycles. The average molecular weight is 408 g/mol. The van der Waals surface area contributed by atoms with Crippen molar-refractivity contribution in [1.29, 1.82) is 0 Å². The highest BCUT2D eigenvalue weighted by molar-refractivity contribution is 6.09. The molecule has 1 atom stereocenters. The van der Waals surface area contributed by atoms with Crippen molar-refractivity contribution >= 4 is 29.1 Å². The number of nitrogens with one attached hydrogen (secondary N) is 2. The normalized spacial score (nSPS) is 17.5. The highest BCUT2D eigenvalue weighted by Crippen LogP contribution is 2.23. The van der Waals surface area contributed by atoms with Crippen LogP contribution in [-0.4, -0.2) is 49.6 Å². The van der Waals surface area contributed by atoms with Crippen LogP contribution in [0.3, 0.4) is 0 Å². The van der Waals surface area contributed by atoms with Crippen LogP contribution < -0.4 is 21.3 Å². The number of carbonyl (C=O) groups excluding carboxylic acids is 3. The first-order valence-electron chi connectivity index (χ1n) is 9.92. The van der Waals surface area contributed by atoms with Gasteiger partial charge in [0.2, 0.25) is 5.91 Å². The second-order valence-corrected chi connectivity index (χ2v) is 7.51. The molecule has 8 nitrogen and oxygen atoms in total. The fourth-order valence-electron chi connectivity index (χ4n) is 3.93. The van der Waals surface area contributed by atoms with Crippen LogP contribution in [0.4, 0.5) is 11.4 Å². The van der Waals surface area contributed by atoms with Gasteiger partial charge in [-0.05, 0) is 48.2 Å². The molecule has 30 heavy (non-hydrogen) atoms. The topological polar surface area (TPSA) is 114 Å². The maximum absolute atomic E-state index is 12.7. The van der Waals surface area contributed by atoms with E-state index < -0.39 is 17.9 Å². The van der Waals surface area contributed by atoms with Crippen LogP contribution in [0.5, 0.6) is 0 Å². The van der Waals surface area contributed by atoms with Crippen molar-refractivity contribution in [1.82, 2.24) is 5.32 Å². The molecule has 0 bridgehead atoms. The van der Waals surface area contributed by atoms with Crippen molar-refractivity contribution in [2.75, 3.05) is 30.0 Å². The van der Waals surface area contributed by atoms with Gasteiger partial charge in [0.1, 0.15) is 6.61 Å². The van der Waals surface area contributed by atoms with Crippen LogP contribution in [0, 0.1) is 0 Å². The molecule has 0 unspecified atom stereocenters. The monoisotopic (exact) mass is 408 g/mol. The van der Waals surface area contributed by atoms with Crippen LogP contribution in [-0.2, 0) is 32.0 Å². The van der Waals surface area contributed by atoms with Crippen LogP contribution in [0.1, 0.15) is 11.1 Å². The van der Waals surface area contributed by atoms with Crippen molar-refractivity contribution in [3.8, 4) is 0 Å². The van der Waals surface area contributed by atoms with Crippen LogP contribution in [0.15, 0.2) is 48.5 Å². The number of hydrogen-bond acceptors (Lipinski definition) is 5. The molecule has 3 amide bonds. The minimum atomic E-state index is -1.13. The number of morpholine rings is 1. The van der Waals surface area contributed by atoms with Crippen LogP contribution >= 0.6 is 0 Å². The summed E-state index contributed by atoms with van der Waals surface area (Å²) in [6.07, 6.45) is 1.49. The maximum Gasteiger partial charge on any atom is 0.253 e. The number of ether oxygens (including phenoxy) is 1. The quantitative estimate of drug-likeness (QED) is 0.606. The first-order valence-corrected chi connectivity index (χ1v) is 9.92. The lowest BCUT2D eigenvalue weighted by molar-refractivity contribution is -0.128.